The molecule has 0 saturated carbocycles. The van der Waals surface area contributed by atoms with Gasteiger partial charge in [-0.2, -0.15) is 0 Å². The lowest BCUT2D eigenvalue weighted by atomic mass is 10.0. The fourth-order valence-corrected chi connectivity index (χ4v) is 1.93. The zero-order valence-corrected chi connectivity index (χ0v) is 10.5. The topological polar surface area (TPSA) is 29.9 Å². The van der Waals surface area contributed by atoms with Crippen molar-refractivity contribution in [3.63, 3.8) is 0 Å². The first-order valence-electron chi connectivity index (χ1n) is 5.64. The van der Waals surface area contributed by atoms with Crippen LogP contribution in [0.2, 0.25) is 0 Å². The minimum atomic E-state index is -0.819. The molecule has 1 N–H and O–H groups in total. The summed E-state index contributed by atoms with van der Waals surface area (Å²) in [5.74, 6) is -1.62. The number of imidazole rings is 1. The predicted molar refractivity (Wildman–Crippen MR) is 65.2 cm³/mol. The van der Waals surface area contributed by atoms with Gasteiger partial charge in [-0.3, -0.25) is 0 Å². The normalized spacial score (nSPS) is 12.7. The smallest absolute Gasteiger partial charge is 0.164 e. The Morgan fingerprint density at radius 2 is 2.00 bits per heavy atom. The van der Waals surface area contributed by atoms with Gasteiger partial charge < -0.3 is 9.88 Å². The third kappa shape index (κ3) is 2.13. The van der Waals surface area contributed by atoms with Gasteiger partial charge in [0.2, 0.25) is 0 Å². The van der Waals surface area contributed by atoms with Crippen molar-refractivity contribution < 1.29 is 8.78 Å². The molecule has 0 radical (unpaired) electrons. The number of hydrogen-bond donors (Lipinski definition) is 1. The van der Waals surface area contributed by atoms with Gasteiger partial charge in [-0.1, -0.05) is 12.1 Å². The average molecular weight is 251 g/mol. The number of hydrogen-bond acceptors (Lipinski definition) is 2. The second kappa shape index (κ2) is 4.86. The highest BCUT2D eigenvalue weighted by Crippen LogP contribution is 2.25. The molecule has 0 aliphatic heterocycles. The second-order valence-electron chi connectivity index (χ2n) is 4.29. The minimum absolute atomic E-state index is 0.263. The largest absolute Gasteiger partial charge is 0.340 e. The van der Waals surface area contributed by atoms with Crippen molar-refractivity contribution in [2.75, 3.05) is 7.05 Å². The van der Waals surface area contributed by atoms with Crippen LogP contribution in [-0.4, -0.2) is 16.6 Å². The van der Waals surface area contributed by atoms with Gasteiger partial charge in [-0.05, 0) is 19.5 Å². The summed E-state index contributed by atoms with van der Waals surface area (Å²) < 4.78 is 29.3. The van der Waals surface area contributed by atoms with Gasteiger partial charge in [-0.15, -0.1) is 0 Å². The summed E-state index contributed by atoms with van der Waals surface area (Å²) >= 11 is 0. The van der Waals surface area contributed by atoms with Crippen molar-refractivity contribution in [1.29, 1.82) is 0 Å². The Morgan fingerprint density at radius 3 is 2.56 bits per heavy atom. The summed E-state index contributed by atoms with van der Waals surface area (Å²) in [6.45, 7) is 1.54. The zero-order valence-electron chi connectivity index (χ0n) is 10.5. The van der Waals surface area contributed by atoms with Crippen LogP contribution in [0.25, 0.3) is 0 Å². The van der Waals surface area contributed by atoms with E-state index in [1.807, 2.05) is 7.05 Å². The van der Waals surface area contributed by atoms with Crippen molar-refractivity contribution in [1.82, 2.24) is 14.9 Å². The van der Waals surface area contributed by atoms with E-state index in [2.05, 4.69) is 10.3 Å². The third-order valence-corrected chi connectivity index (χ3v) is 2.93. The molecule has 0 aliphatic carbocycles. The summed E-state index contributed by atoms with van der Waals surface area (Å²) in [4.78, 5) is 4.17. The van der Waals surface area contributed by atoms with E-state index >= 15 is 0 Å². The van der Waals surface area contributed by atoms with Gasteiger partial charge in [0.1, 0.15) is 0 Å². The molecule has 1 aromatic heterocycles. The minimum Gasteiger partial charge on any atom is -0.340 e. The molecule has 0 saturated heterocycles. The van der Waals surface area contributed by atoms with Gasteiger partial charge in [0.15, 0.2) is 11.6 Å². The summed E-state index contributed by atoms with van der Waals surface area (Å²) in [7, 11) is 3.52. The molecule has 0 spiro atoms. The maximum atomic E-state index is 13.9. The molecule has 0 fully saturated rings. The van der Waals surface area contributed by atoms with Crippen LogP contribution >= 0.6 is 0 Å². The first kappa shape index (κ1) is 12.7. The van der Waals surface area contributed by atoms with E-state index in [-0.39, 0.29) is 5.56 Å². The average Bonchev–Trinajstić information content (AvgIpc) is 2.77. The highest BCUT2D eigenvalue weighted by molar-refractivity contribution is 5.32. The summed E-state index contributed by atoms with van der Waals surface area (Å²) in [6.07, 6.45) is 3.40. The number of halogens is 2. The number of nitrogens with one attached hydrogen (secondary N) is 1. The van der Waals surface area contributed by atoms with Crippen LogP contribution < -0.4 is 5.32 Å². The fourth-order valence-electron chi connectivity index (χ4n) is 1.93. The molecule has 1 unspecified atom stereocenters. The van der Waals surface area contributed by atoms with Crippen LogP contribution in [-0.2, 0) is 7.05 Å². The molecule has 5 heteroatoms. The Kier molecular flexibility index (Phi) is 3.43. The van der Waals surface area contributed by atoms with Gasteiger partial charge in [0, 0.05) is 18.8 Å². The van der Waals surface area contributed by atoms with Crippen LogP contribution in [0.1, 0.15) is 22.9 Å². The molecular weight excluding hydrogens is 236 g/mol. The van der Waals surface area contributed by atoms with E-state index in [1.165, 1.54) is 6.92 Å². The molecule has 1 aromatic carbocycles. The van der Waals surface area contributed by atoms with E-state index in [0.29, 0.717) is 11.3 Å². The first-order valence-corrected chi connectivity index (χ1v) is 5.64. The number of aryl methyl sites for hydroxylation is 2. The lowest BCUT2D eigenvalue weighted by molar-refractivity contribution is 0.481. The van der Waals surface area contributed by atoms with Crippen LogP contribution in [0.4, 0.5) is 8.78 Å². The molecule has 2 aromatic rings. The van der Waals surface area contributed by atoms with Crippen LogP contribution in [0.15, 0.2) is 24.7 Å². The molecule has 0 bridgehead atoms. The van der Waals surface area contributed by atoms with E-state index in [0.717, 1.165) is 0 Å². The van der Waals surface area contributed by atoms with E-state index < -0.39 is 17.7 Å². The summed E-state index contributed by atoms with van der Waals surface area (Å²) in [5, 5.41) is 2.95. The molecule has 3 nitrogen and oxygen atoms in total. The lowest BCUT2D eigenvalue weighted by Crippen LogP contribution is -2.20. The number of rotatable bonds is 3. The predicted octanol–water partition coefficient (Wildman–Crippen LogP) is 2.32. The maximum absolute atomic E-state index is 13.9. The molecule has 18 heavy (non-hydrogen) atoms. The molecule has 96 valence electrons. The van der Waals surface area contributed by atoms with Crippen molar-refractivity contribution in [3.05, 3.63) is 53.1 Å². The SMILES string of the molecule is CNC(c1cn(C)cn1)c1ccc(C)c(F)c1F. The van der Waals surface area contributed by atoms with Gasteiger partial charge in [0.05, 0.1) is 18.1 Å². The molecule has 2 rings (SSSR count). The first-order chi connectivity index (χ1) is 8.54. The van der Waals surface area contributed by atoms with Crippen molar-refractivity contribution in [2.24, 2.45) is 7.05 Å². The Hall–Kier alpha value is -1.75. The van der Waals surface area contributed by atoms with Gasteiger partial charge >= 0.3 is 0 Å². The van der Waals surface area contributed by atoms with Crippen molar-refractivity contribution in [2.45, 2.75) is 13.0 Å². The zero-order chi connectivity index (χ0) is 13.3. The molecule has 0 amide bonds. The quantitative estimate of drug-likeness (QED) is 0.907. The van der Waals surface area contributed by atoms with E-state index in [9.17, 15) is 8.78 Å². The van der Waals surface area contributed by atoms with Crippen LogP contribution in [0.5, 0.6) is 0 Å². The van der Waals surface area contributed by atoms with Crippen molar-refractivity contribution in [3.8, 4) is 0 Å². The maximum Gasteiger partial charge on any atom is 0.164 e. The monoisotopic (exact) mass is 251 g/mol. The fraction of sp³-hybridized carbons (Fsp3) is 0.308. The molecule has 0 aliphatic rings. The number of benzene rings is 1. The van der Waals surface area contributed by atoms with Crippen LogP contribution in [0, 0.1) is 18.6 Å². The molecule has 1 atom stereocenters. The Morgan fingerprint density at radius 1 is 1.28 bits per heavy atom. The highest BCUT2D eigenvalue weighted by Gasteiger charge is 2.21. The lowest BCUT2D eigenvalue weighted by Gasteiger charge is -2.16. The van der Waals surface area contributed by atoms with Gasteiger partial charge in [-0.25, -0.2) is 13.8 Å². The Labute approximate surface area is 104 Å². The summed E-state index contributed by atoms with van der Waals surface area (Å²) in [5.41, 5.74) is 1.22. The standard InChI is InChI=1S/C13H15F2N3/c1-8-4-5-9(12(15)11(8)14)13(16-2)10-6-18(3)7-17-10/h4-7,13,16H,1-3H3. The second-order valence-corrected chi connectivity index (χ2v) is 4.29. The number of aromatic nitrogens is 2. The van der Waals surface area contributed by atoms with Crippen molar-refractivity contribution >= 4 is 0 Å². The van der Waals surface area contributed by atoms with E-state index in [1.54, 1.807) is 36.3 Å². The summed E-state index contributed by atoms with van der Waals surface area (Å²) in [6, 6.07) is 2.70. The Bertz CT molecular complexity index is 563. The van der Waals surface area contributed by atoms with Crippen LogP contribution in [0.3, 0.4) is 0 Å². The Balaban J connectivity index is 2.49. The third-order valence-electron chi connectivity index (χ3n) is 2.93. The van der Waals surface area contributed by atoms with Gasteiger partial charge in [0.25, 0.3) is 0 Å². The molecular formula is C13H15F2N3. The molecule has 1 heterocycles. The number of nitrogens with zero attached hydrogens (tertiary/aromatic N) is 2. The van der Waals surface area contributed by atoms with E-state index in [4.69, 9.17) is 0 Å². The highest BCUT2D eigenvalue weighted by atomic mass is 19.2.